The molecule has 2 aromatic carbocycles. The van der Waals surface area contributed by atoms with E-state index in [4.69, 9.17) is 4.74 Å². The number of hydrogen-bond acceptors (Lipinski definition) is 6. The third kappa shape index (κ3) is 5.74. The Morgan fingerprint density at radius 2 is 1.93 bits per heavy atom. The van der Waals surface area contributed by atoms with Gasteiger partial charge in [-0.1, -0.05) is 12.1 Å². The Bertz CT molecular complexity index is 878. The van der Waals surface area contributed by atoms with E-state index in [0.717, 1.165) is 10.5 Å². The van der Waals surface area contributed by atoms with Crippen LogP contribution in [0.15, 0.2) is 47.4 Å². The molecule has 7 nitrogen and oxygen atoms in total. The van der Waals surface area contributed by atoms with Crippen LogP contribution in [0, 0.1) is 11.3 Å². The quantitative estimate of drug-likeness (QED) is 0.466. The van der Waals surface area contributed by atoms with Crippen molar-refractivity contribution in [3.63, 3.8) is 0 Å². The van der Waals surface area contributed by atoms with Gasteiger partial charge in [0.15, 0.2) is 0 Å². The first-order valence-corrected chi connectivity index (χ1v) is 9.84. The second-order valence-corrected chi connectivity index (χ2v) is 6.64. The van der Waals surface area contributed by atoms with Crippen molar-refractivity contribution in [2.45, 2.75) is 24.8 Å². The summed E-state index contributed by atoms with van der Waals surface area (Å²) < 4.78 is 5.52. The van der Waals surface area contributed by atoms with Crippen molar-refractivity contribution in [3.05, 3.63) is 53.6 Å². The molecule has 0 radical (unpaired) electrons. The number of ether oxygens (including phenoxy) is 1. The van der Waals surface area contributed by atoms with Crippen LogP contribution in [0.4, 0.5) is 5.69 Å². The van der Waals surface area contributed by atoms with Gasteiger partial charge < -0.3 is 10.1 Å². The van der Waals surface area contributed by atoms with E-state index in [9.17, 15) is 14.9 Å². The van der Waals surface area contributed by atoms with E-state index in [2.05, 4.69) is 22.2 Å². The molecule has 0 aliphatic carbocycles. The van der Waals surface area contributed by atoms with Crippen molar-refractivity contribution in [2.75, 3.05) is 18.2 Å². The summed E-state index contributed by atoms with van der Waals surface area (Å²) in [6.07, 6.45) is 1.97. The number of nitriles is 1. The lowest BCUT2D eigenvalue weighted by Crippen LogP contribution is -2.39. The average molecular weight is 398 g/mol. The maximum atomic E-state index is 12.6. The maximum absolute atomic E-state index is 12.6. The van der Waals surface area contributed by atoms with Crippen molar-refractivity contribution in [1.82, 2.24) is 10.9 Å². The standard InChI is InChI=1S/C20H22N4O3S/c1-4-27-19-11-15(22-13(2)25)7-10-17(19)20(26)24-23-18(12-21)14-5-8-16(28-3)9-6-14/h5-11,18,23H,4H2,1-3H3,(H,22,25)(H,24,26)/t18-/m1/s1. The minimum Gasteiger partial charge on any atom is -0.493 e. The lowest BCUT2D eigenvalue weighted by Gasteiger charge is -2.16. The molecule has 0 unspecified atom stereocenters. The number of rotatable bonds is 8. The summed E-state index contributed by atoms with van der Waals surface area (Å²) in [6, 6.07) is 13.7. The highest BCUT2D eigenvalue weighted by Crippen LogP contribution is 2.24. The van der Waals surface area contributed by atoms with Crippen LogP contribution in [-0.2, 0) is 4.79 Å². The largest absolute Gasteiger partial charge is 0.493 e. The van der Waals surface area contributed by atoms with E-state index in [1.807, 2.05) is 30.5 Å². The fourth-order valence-corrected chi connectivity index (χ4v) is 2.87. The smallest absolute Gasteiger partial charge is 0.269 e. The lowest BCUT2D eigenvalue weighted by atomic mass is 10.1. The monoisotopic (exact) mass is 398 g/mol. The molecule has 0 heterocycles. The first-order valence-electron chi connectivity index (χ1n) is 8.62. The molecule has 8 heteroatoms. The molecule has 3 N–H and O–H groups in total. The zero-order chi connectivity index (χ0) is 20.5. The van der Waals surface area contributed by atoms with Gasteiger partial charge in [-0.3, -0.25) is 15.0 Å². The van der Waals surface area contributed by atoms with Gasteiger partial charge in [0, 0.05) is 23.6 Å². The maximum Gasteiger partial charge on any atom is 0.269 e. The number of carbonyl (C=O) groups is 2. The second-order valence-electron chi connectivity index (χ2n) is 5.76. The number of nitrogens with zero attached hydrogens (tertiary/aromatic N) is 1. The second kappa shape index (κ2) is 10.3. The van der Waals surface area contributed by atoms with Gasteiger partial charge in [-0.2, -0.15) is 5.26 Å². The first kappa shape index (κ1) is 21.3. The molecule has 146 valence electrons. The number of nitrogens with one attached hydrogen (secondary N) is 3. The average Bonchev–Trinajstić information content (AvgIpc) is 2.68. The molecule has 0 bridgehead atoms. The summed E-state index contributed by atoms with van der Waals surface area (Å²) in [5, 5.41) is 12.1. The SMILES string of the molecule is CCOc1cc(NC(C)=O)ccc1C(=O)NN[C@H](C#N)c1ccc(SC)cc1. The van der Waals surface area contributed by atoms with Gasteiger partial charge in [-0.15, -0.1) is 11.8 Å². The molecule has 28 heavy (non-hydrogen) atoms. The number of benzene rings is 2. The fraction of sp³-hybridized carbons (Fsp3) is 0.250. The van der Waals surface area contributed by atoms with Crippen LogP contribution < -0.4 is 20.9 Å². The molecule has 0 aliphatic rings. The van der Waals surface area contributed by atoms with Crippen molar-refractivity contribution in [3.8, 4) is 11.8 Å². The third-order valence-corrected chi connectivity index (χ3v) is 4.50. The van der Waals surface area contributed by atoms with Gasteiger partial charge in [0.25, 0.3) is 5.91 Å². The normalized spacial score (nSPS) is 11.2. The number of hydrazine groups is 1. The Morgan fingerprint density at radius 1 is 1.21 bits per heavy atom. The Kier molecular flexibility index (Phi) is 7.87. The molecule has 0 aromatic heterocycles. The van der Waals surface area contributed by atoms with Crippen molar-refractivity contribution in [1.29, 1.82) is 5.26 Å². The number of amides is 2. The zero-order valence-corrected chi connectivity index (χ0v) is 16.7. The zero-order valence-electron chi connectivity index (χ0n) is 15.9. The number of carbonyl (C=O) groups excluding carboxylic acids is 2. The van der Waals surface area contributed by atoms with Crippen molar-refractivity contribution in [2.24, 2.45) is 0 Å². The summed E-state index contributed by atoms with van der Waals surface area (Å²) in [5.74, 6) is -0.324. The summed E-state index contributed by atoms with van der Waals surface area (Å²) in [5.41, 5.74) is 6.86. The molecule has 2 amide bonds. The van der Waals surface area contributed by atoms with Crippen molar-refractivity contribution >= 4 is 29.3 Å². The topological polar surface area (TPSA) is 103 Å². The van der Waals surface area contributed by atoms with Crippen LogP contribution in [-0.4, -0.2) is 24.7 Å². The molecule has 2 rings (SSSR count). The number of hydrogen-bond donors (Lipinski definition) is 3. The summed E-state index contributed by atoms with van der Waals surface area (Å²) in [4.78, 5) is 24.9. The van der Waals surface area contributed by atoms with E-state index in [-0.39, 0.29) is 11.5 Å². The molecule has 0 fully saturated rings. The highest BCUT2D eigenvalue weighted by atomic mass is 32.2. The predicted octanol–water partition coefficient (Wildman–Crippen LogP) is 3.26. The Balaban J connectivity index is 2.12. The van der Waals surface area contributed by atoms with E-state index >= 15 is 0 Å². The highest BCUT2D eigenvalue weighted by Gasteiger charge is 2.16. The van der Waals surface area contributed by atoms with E-state index in [1.165, 1.54) is 6.92 Å². The number of thioether (sulfide) groups is 1. The molecule has 1 atom stereocenters. The first-order chi connectivity index (χ1) is 13.5. The number of anilines is 1. The van der Waals surface area contributed by atoms with E-state index in [1.54, 1.807) is 36.9 Å². The molecule has 0 spiro atoms. The molecule has 0 saturated carbocycles. The lowest BCUT2D eigenvalue weighted by molar-refractivity contribution is -0.114. The molecular weight excluding hydrogens is 376 g/mol. The van der Waals surface area contributed by atoms with E-state index in [0.29, 0.717) is 18.0 Å². The van der Waals surface area contributed by atoms with Gasteiger partial charge in [0.05, 0.1) is 18.2 Å². The van der Waals surface area contributed by atoms with E-state index < -0.39 is 11.9 Å². The minimum absolute atomic E-state index is 0.217. The van der Waals surface area contributed by atoms with Gasteiger partial charge >= 0.3 is 0 Å². The Labute approximate surface area is 168 Å². The van der Waals surface area contributed by atoms with Gasteiger partial charge in [-0.05, 0) is 43.0 Å². The summed E-state index contributed by atoms with van der Waals surface area (Å²) >= 11 is 1.61. The molecule has 0 saturated heterocycles. The van der Waals surface area contributed by atoms with Gasteiger partial charge in [-0.25, -0.2) is 5.43 Å². The molecular formula is C20H22N4O3S. The predicted molar refractivity (Wildman–Crippen MR) is 109 cm³/mol. The summed E-state index contributed by atoms with van der Waals surface area (Å²) in [6.45, 7) is 3.56. The Hall–Kier alpha value is -3.02. The highest BCUT2D eigenvalue weighted by molar-refractivity contribution is 7.98. The fourth-order valence-electron chi connectivity index (χ4n) is 2.46. The van der Waals surface area contributed by atoms with Crippen LogP contribution in [0.25, 0.3) is 0 Å². The van der Waals surface area contributed by atoms with Crippen LogP contribution in [0.5, 0.6) is 5.75 Å². The third-order valence-electron chi connectivity index (χ3n) is 3.75. The molecule has 0 aliphatic heterocycles. The van der Waals surface area contributed by atoms with Crippen molar-refractivity contribution < 1.29 is 14.3 Å². The van der Waals surface area contributed by atoms with Crippen LogP contribution in [0.1, 0.15) is 35.8 Å². The van der Waals surface area contributed by atoms with Gasteiger partial charge in [0.1, 0.15) is 11.8 Å². The minimum atomic E-state index is -0.700. The summed E-state index contributed by atoms with van der Waals surface area (Å²) in [7, 11) is 0. The van der Waals surface area contributed by atoms with Crippen LogP contribution >= 0.6 is 11.8 Å². The van der Waals surface area contributed by atoms with Crippen LogP contribution in [0.2, 0.25) is 0 Å². The molecule has 2 aromatic rings. The van der Waals surface area contributed by atoms with Gasteiger partial charge in [0.2, 0.25) is 5.91 Å². The Morgan fingerprint density at radius 3 is 2.50 bits per heavy atom. The van der Waals surface area contributed by atoms with Crippen LogP contribution in [0.3, 0.4) is 0 Å².